The topological polar surface area (TPSA) is 75.9 Å². The van der Waals surface area contributed by atoms with E-state index in [-0.39, 0.29) is 29.2 Å². The van der Waals surface area contributed by atoms with Gasteiger partial charge in [-0.25, -0.2) is 0 Å². The molecule has 2 saturated heterocycles. The van der Waals surface area contributed by atoms with Gasteiger partial charge >= 0.3 is 6.61 Å². The molecule has 0 aromatic heterocycles. The van der Waals surface area contributed by atoms with Gasteiger partial charge in [-0.1, -0.05) is 12.1 Å². The number of likely N-dealkylation sites (tertiary alicyclic amines) is 2. The number of ether oxygens (including phenoxy) is 1. The number of alkyl halides is 2. The molecule has 8 heteroatoms. The Morgan fingerprint density at radius 1 is 1.18 bits per heavy atom. The van der Waals surface area contributed by atoms with Crippen molar-refractivity contribution < 1.29 is 23.1 Å². The van der Waals surface area contributed by atoms with Crippen molar-refractivity contribution in [3.8, 4) is 5.75 Å². The second-order valence-corrected chi connectivity index (χ2v) is 7.58. The highest BCUT2D eigenvalue weighted by Gasteiger charge is 2.39. The van der Waals surface area contributed by atoms with Gasteiger partial charge in [0.15, 0.2) is 0 Å². The summed E-state index contributed by atoms with van der Waals surface area (Å²) in [5, 5.41) is 0. The van der Waals surface area contributed by atoms with Crippen LogP contribution in [0.1, 0.15) is 43.0 Å². The average molecular weight is 395 g/mol. The number of amides is 2. The Morgan fingerprint density at radius 3 is 2.61 bits per heavy atom. The molecule has 2 aliphatic heterocycles. The van der Waals surface area contributed by atoms with Gasteiger partial charge in [-0.2, -0.15) is 8.78 Å². The van der Waals surface area contributed by atoms with Crippen molar-refractivity contribution in [3.63, 3.8) is 0 Å². The summed E-state index contributed by atoms with van der Waals surface area (Å²) in [6.45, 7) is 0.604. The number of para-hydroxylation sites is 1. The molecule has 2 aliphatic rings. The molecule has 0 aliphatic carbocycles. The third-order valence-corrected chi connectivity index (χ3v) is 5.65. The van der Waals surface area contributed by atoms with Crippen LogP contribution >= 0.6 is 0 Å². The maximum atomic E-state index is 13.1. The summed E-state index contributed by atoms with van der Waals surface area (Å²) in [6.07, 6.45) is 3.16. The van der Waals surface area contributed by atoms with Gasteiger partial charge in [0.2, 0.25) is 5.91 Å². The van der Waals surface area contributed by atoms with Crippen molar-refractivity contribution in [2.45, 2.75) is 51.3 Å². The quantitative estimate of drug-likeness (QED) is 0.831. The molecule has 2 heterocycles. The van der Waals surface area contributed by atoms with Crippen LogP contribution in [0, 0.1) is 5.92 Å². The second-order valence-electron chi connectivity index (χ2n) is 7.58. The zero-order valence-electron chi connectivity index (χ0n) is 16.0. The number of benzene rings is 1. The van der Waals surface area contributed by atoms with Crippen molar-refractivity contribution in [1.29, 1.82) is 0 Å². The molecule has 6 nitrogen and oxygen atoms in total. The molecule has 0 saturated carbocycles. The Hall–Kier alpha value is -2.22. The Morgan fingerprint density at radius 2 is 1.89 bits per heavy atom. The van der Waals surface area contributed by atoms with E-state index in [9.17, 15) is 18.4 Å². The van der Waals surface area contributed by atoms with Crippen molar-refractivity contribution in [2.24, 2.45) is 11.7 Å². The van der Waals surface area contributed by atoms with Crippen LogP contribution in [0.3, 0.4) is 0 Å². The predicted molar refractivity (Wildman–Crippen MR) is 100 cm³/mol. The number of hydrogen-bond donors (Lipinski definition) is 1. The SMILES string of the molecule is CC(N)C1CCCN(C(=O)C2CCCN2C(=O)c2ccccc2OC(F)F)C1. The third kappa shape index (κ3) is 4.43. The lowest BCUT2D eigenvalue weighted by molar-refractivity contribution is -0.137. The predicted octanol–water partition coefficient (Wildman–Crippen LogP) is 2.48. The molecule has 3 unspecified atom stereocenters. The number of nitrogens with two attached hydrogens (primary N) is 1. The van der Waals surface area contributed by atoms with E-state index in [1.54, 1.807) is 11.0 Å². The maximum absolute atomic E-state index is 13.1. The van der Waals surface area contributed by atoms with Crippen molar-refractivity contribution >= 4 is 11.8 Å². The lowest BCUT2D eigenvalue weighted by atomic mass is 9.91. The van der Waals surface area contributed by atoms with Gasteiger partial charge in [0, 0.05) is 25.7 Å². The van der Waals surface area contributed by atoms with E-state index in [1.165, 1.54) is 23.1 Å². The molecule has 3 rings (SSSR count). The van der Waals surface area contributed by atoms with Crippen LogP contribution in [0.5, 0.6) is 5.75 Å². The lowest BCUT2D eigenvalue weighted by Crippen LogP contribution is -2.52. The number of nitrogens with zero attached hydrogens (tertiary/aromatic N) is 2. The molecule has 1 aromatic carbocycles. The molecule has 0 spiro atoms. The van der Waals surface area contributed by atoms with Gasteiger partial charge in [-0.15, -0.1) is 0 Å². The van der Waals surface area contributed by atoms with Gasteiger partial charge < -0.3 is 20.3 Å². The van der Waals surface area contributed by atoms with E-state index in [1.807, 2.05) is 6.92 Å². The smallest absolute Gasteiger partial charge is 0.387 e. The number of carbonyl (C=O) groups excluding carboxylic acids is 2. The molecular formula is C20H27F2N3O3. The molecular weight excluding hydrogens is 368 g/mol. The summed E-state index contributed by atoms with van der Waals surface area (Å²) >= 11 is 0. The van der Waals surface area contributed by atoms with Crippen LogP contribution in [0.2, 0.25) is 0 Å². The van der Waals surface area contributed by atoms with Crippen LogP contribution in [-0.4, -0.2) is 59.9 Å². The summed E-state index contributed by atoms with van der Waals surface area (Å²) in [5.41, 5.74) is 6.06. The van der Waals surface area contributed by atoms with Gasteiger partial charge in [-0.05, 0) is 50.7 Å². The summed E-state index contributed by atoms with van der Waals surface area (Å²) in [6, 6.07) is 5.35. The fourth-order valence-corrected chi connectivity index (χ4v) is 4.11. The van der Waals surface area contributed by atoms with E-state index in [4.69, 9.17) is 5.73 Å². The molecule has 1 aromatic rings. The number of rotatable bonds is 5. The molecule has 0 radical (unpaired) electrons. The molecule has 154 valence electrons. The summed E-state index contributed by atoms with van der Waals surface area (Å²) in [4.78, 5) is 29.4. The monoisotopic (exact) mass is 395 g/mol. The highest BCUT2D eigenvalue weighted by molar-refractivity contribution is 6.00. The van der Waals surface area contributed by atoms with E-state index < -0.39 is 18.6 Å². The zero-order valence-corrected chi connectivity index (χ0v) is 16.0. The van der Waals surface area contributed by atoms with Crippen molar-refractivity contribution in [3.05, 3.63) is 29.8 Å². The molecule has 2 N–H and O–H groups in total. The van der Waals surface area contributed by atoms with Gasteiger partial charge in [0.05, 0.1) is 5.56 Å². The van der Waals surface area contributed by atoms with Crippen LogP contribution in [-0.2, 0) is 4.79 Å². The fraction of sp³-hybridized carbons (Fsp3) is 0.600. The minimum Gasteiger partial charge on any atom is -0.434 e. The Kier molecular flexibility index (Phi) is 6.49. The molecule has 3 atom stereocenters. The standard InChI is InChI=1S/C20H27F2N3O3/c1-13(23)14-6-4-10-24(12-14)19(27)16-8-5-11-25(16)18(26)15-7-2-3-9-17(15)28-20(21)22/h2-3,7,9,13-14,16,20H,4-6,8,10-12,23H2,1H3. The molecule has 0 bridgehead atoms. The fourth-order valence-electron chi connectivity index (χ4n) is 4.11. The summed E-state index contributed by atoms with van der Waals surface area (Å²) in [5.74, 6) is -0.449. The van der Waals surface area contributed by atoms with Crippen LogP contribution < -0.4 is 10.5 Å². The first kappa shape index (κ1) is 20.5. The van der Waals surface area contributed by atoms with Crippen molar-refractivity contribution in [2.75, 3.05) is 19.6 Å². The van der Waals surface area contributed by atoms with Gasteiger partial charge in [-0.3, -0.25) is 9.59 Å². The van der Waals surface area contributed by atoms with Gasteiger partial charge in [0.1, 0.15) is 11.8 Å². The Bertz CT molecular complexity index is 714. The Labute approximate surface area is 163 Å². The lowest BCUT2D eigenvalue weighted by Gasteiger charge is -2.37. The van der Waals surface area contributed by atoms with E-state index >= 15 is 0 Å². The van der Waals surface area contributed by atoms with E-state index in [0.29, 0.717) is 32.5 Å². The first-order chi connectivity index (χ1) is 13.4. The van der Waals surface area contributed by atoms with Crippen LogP contribution in [0.25, 0.3) is 0 Å². The molecule has 2 amide bonds. The number of piperidine rings is 1. The van der Waals surface area contributed by atoms with Crippen LogP contribution in [0.15, 0.2) is 24.3 Å². The average Bonchev–Trinajstić information content (AvgIpc) is 3.16. The van der Waals surface area contributed by atoms with E-state index in [2.05, 4.69) is 4.74 Å². The zero-order chi connectivity index (χ0) is 20.3. The van der Waals surface area contributed by atoms with Crippen LogP contribution in [0.4, 0.5) is 8.78 Å². The minimum absolute atomic E-state index is 0.00952. The minimum atomic E-state index is -3.02. The normalized spacial score (nSPS) is 23.8. The summed E-state index contributed by atoms with van der Waals surface area (Å²) < 4.78 is 29.8. The second kappa shape index (κ2) is 8.86. The first-order valence-electron chi connectivity index (χ1n) is 9.77. The third-order valence-electron chi connectivity index (χ3n) is 5.65. The maximum Gasteiger partial charge on any atom is 0.387 e. The number of hydrogen-bond acceptors (Lipinski definition) is 4. The Balaban J connectivity index is 1.76. The largest absolute Gasteiger partial charge is 0.434 e. The highest BCUT2D eigenvalue weighted by Crippen LogP contribution is 2.28. The first-order valence-corrected chi connectivity index (χ1v) is 9.77. The summed E-state index contributed by atoms with van der Waals surface area (Å²) in [7, 11) is 0. The highest BCUT2D eigenvalue weighted by atomic mass is 19.3. The molecule has 2 fully saturated rings. The van der Waals surface area contributed by atoms with E-state index in [0.717, 1.165) is 12.8 Å². The molecule has 28 heavy (non-hydrogen) atoms. The van der Waals surface area contributed by atoms with Gasteiger partial charge in [0.25, 0.3) is 5.91 Å². The number of carbonyl (C=O) groups is 2. The van der Waals surface area contributed by atoms with Crippen molar-refractivity contribution in [1.82, 2.24) is 9.80 Å². The number of halogens is 2.